The van der Waals surface area contributed by atoms with Gasteiger partial charge in [-0.25, -0.2) is 4.79 Å². The molecule has 0 aliphatic carbocycles. The van der Waals surface area contributed by atoms with Crippen molar-refractivity contribution in [3.05, 3.63) is 5.01 Å². The highest BCUT2D eigenvalue weighted by atomic mass is 32.1. The second kappa shape index (κ2) is 7.37. The summed E-state index contributed by atoms with van der Waals surface area (Å²) >= 11 is 1.36. The van der Waals surface area contributed by atoms with Crippen molar-refractivity contribution in [2.45, 2.75) is 13.3 Å². The Balaban J connectivity index is 1.56. The van der Waals surface area contributed by atoms with Gasteiger partial charge in [0.1, 0.15) is 5.01 Å². The lowest BCUT2D eigenvalue weighted by Gasteiger charge is -2.26. The Kier molecular flexibility index (Phi) is 5.49. The van der Waals surface area contributed by atoms with Gasteiger partial charge in [-0.3, -0.25) is 10.2 Å². The summed E-state index contributed by atoms with van der Waals surface area (Å²) in [5.41, 5.74) is 0. The number of aromatic nitrogens is 2. The summed E-state index contributed by atoms with van der Waals surface area (Å²) in [6.45, 7) is 7.08. The zero-order valence-electron chi connectivity index (χ0n) is 11.0. The number of nitrogens with one attached hydrogen (secondary N) is 2. The van der Waals surface area contributed by atoms with Crippen molar-refractivity contribution in [3.63, 3.8) is 0 Å². The maximum absolute atomic E-state index is 11.6. The average Bonchev–Trinajstić information content (AvgIpc) is 2.81. The average molecular weight is 285 g/mol. The van der Waals surface area contributed by atoms with Gasteiger partial charge in [-0.15, -0.1) is 10.2 Å². The molecule has 0 atom stereocenters. The van der Waals surface area contributed by atoms with Crippen LogP contribution in [0, 0.1) is 6.92 Å². The van der Waals surface area contributed by atoms with Crippen LogP contribution in [0.3, 0.4) is 0 Å². The van der Waals surface area contributed by atoms with E-state index in [0.29, 0.717) is 11.7 Å². The summed E-state index contributed by atoms with van der Waals surface area (Å²) in [6, 6.07) is -0.224. The van der Waals surface area contributed by atoms with Crippen LogP contribution < -0.4 is 10.6 Å². The van der Waals surface area contributed by atoms with Gasteiger partial charge >= 0.3 is 6.03 Å². The number of nitrogens with zero attached hydrogens (tertiary/aromatic N) is 3. The Labute approximate surface area is 116 Å². The standard InChI is InChI=1S/C11H19N5O2S/c1-9-14-15-11(19-9)13-10(17)12-3-2-4-16-5-7-18-8-6-16/h2-8H2,1H3,(H2,12,13,15,17). The van der Waals surface area contributed by atoms with Gasteiger partial charge in [-0.2, -0.15) is 0 Å². The predicted octanol–water partition coefficient (Wildman–Crippen LogP) is 0.690. The predicted molar refractivity (Wildman–Crippen MR) is 73.5 cm³/mol. The van der Waals surface area contributed by atoms with Gasteiger partial charge < -0.3 is 10.1 Å². The van der Waals surface area contributed by atoms with Crippen molar-refractivity contribution >= 4 is 22.5 Å². The van der Waals surface area contributed by atoms with E-state index in [4.69, 9.17) is 4.74 Å². The molecule has 1 aliphatic heterocycles. The minimum Gasteiger partial charge on any atom is -0.379 e. The number of hydrogen-bond donors (Lipinski definition) is 2. The van der Waals surface area contributed by atoms with Crippen molar-refractivity contribution in [1.82, 2.24) is 20.4 Å². The highest BCUT2D eigenvalue weighted by Gasteiger charge is 2.10. The molecule has 1 saturated heterocycles. The first kappa shape index (κ1) is 14.2. The molecular weight excluding hydrogens is 266 g/mol. The second-order valence-corrected chi connectivity index (χ2v) is 5.50. The molecule has 0 unspecified atom stereocenters. The van der Waals surface area contributed by atoms with Gasteiger partial charge in [-0.1, -0.05) is 11.3 Å². The monoisotopic (exact) mass is 285 g/mol. The molecule has 0 bridgehead atoms. The minimum atomic E-state index is -0.224. The Morgan fingerprint density at radius 1 is 1.42 bits per heavy atom. The molecule has 1 aliphatic rings. The first-order valence-electron chi connectivity index (χ1n) is 6.39. The summed E-state index contributed by atoms with van der Waals surface area (Å²) in [7, 11) is 0. The quantitative estimate of drug-likeness (QED) is 0.778. The number of rotatable bonds is 5. The van der Waals surface area contributed by atoms with Crippen LogP contribution in [0.4, 0.5) is 9.93 Å². The third-order valence-corrected chi connectivity index (χ3v) is 3.54. The van der Waals surface area contributed by atoms with Crippen LogP contribution in [0.2, 0.25) is 0 Å². The number of aryl methyl sites for hydroxylation is 1. The summed E-state index contributed by atoms with van der Waals surface area (Å²) in [5, 5.41) is 14.5. The molecule has 19 heavy (non-hydrogen) atoms. The molecule has 1 aromatic heterocycles. The fraction of sp³-hybridized carbons (Fsp3) is 0.727. The molecule has 1 aromatic rings. The maximum atomic E-state index is 11.6. The zero-order valence-corrected chi connectivity index (χ0v) is 11.8. The first-order chi connectivity index (χ1) is 9.24. The number of urea groups is 1. The molecule has 0 radical (unpaired) electrons. The number of amides is 2. The van der Waals surface area contributed by atoms with E-state index in [2.05, 4.69) is 25.7 Å². The van der Waals surface area contributed by atoms with Crippen LogP contribution in [0.15, 0.2) is 0 Å². The molecule has 1 fully saturated rings. The SMILES string of the molecule is Cc1nnc(NC(=O)NCCCN2CCOCC2)s1. The van der Waals surface area contributed by atoms with Gasteiger partial charge in [-0.05, 0) is 19.9 Å². The number of morpholine rings is 1. The Morgan fingerprint density at radius 2 is 2.21 bits per heavy atom. The Morgan fingerprint density at radius 3 is 2.89 bits per heavy atom. The third kappa shape index (κ3) is 5.09. The van der Waals surface area contributed by atoms with Crippen molar-refractivity contribution in [3.8, 4) is 0 Å². The molecule has 0 aromatic carbocycles. The zero-order chi connectivity index (χ0) is 13.5. The van der Waals surface area contributed by atoms with Crippen molar-refractivity contribution in [1.29, 1.82) is 0 Å². The molecule has 0 saturated carbocycles. The first-order valence-corrected chi connectivity index (χ1v) is 7.21. The largest absolute Gasteiger partial charge is 0.379 e. The van der Waals surface area contributed by atoms with Gasteiger partial charge in [0.05, 0.1) is 13.2 Å². The van der Waals surface area contributed by atoms with Crippen LogP contribution in [0.25, 0.3) is 0 Å². The fourth-order valence-corrected chi connectivity index (χ4v) is 2.40. The summed E-state index contributed by atoms with van der Waals surface area (Å²) in [6.07, 6.45) is 0.933. The molecule has 0 spiro atoms. The number of carbonyl (C=O) groups excluding carboxylic acids is 1. The molecule has 2 N–H and O–H groups in total. The smallest absolute Gasteiger partial charge is 0.321 e. The van der Waals surface area contributed by atoms with Crippen LogP contribution in [0.1, 0.15) is 11.4 Å². The number of anilines is 1. The molecule has 7 nitrogen and oxygen atoms in total. The normalized spacial score (nSPS) is 16.3. The van der Waals surface area contributed by atoms with E-state index in [1.54, 1.807) is 0 Å². The lowest BCUT2D eigenvalue weighted by molar-refractivity contribution is 0.0375. The lowest BCUT2D eigenvalue weighted by Crippen LogP contribution is -2.38. The topological polar surface area (TPSA) is 79.4 Å². The van der Waals surface area contributed by atoms with E-state index in [9.17, 15) is 4.79 Å². The molecule has 106 valence electrons. The fourth-order valence-electron chi connectivity index (χ4n) is 1.82. The van der Waals surface area contributed by atoms with E-state index in [1.807, 2.05) is 6.92 Å². The highest BCUT2D eigenvalue weighted by molar-refractivity contribution is 7.15. The maximum Gasteiger partial charge on any atom is 0.321 e. The Hall–Kier alpha value is -1.25. The van der Waals surface area contributed by atoms with Crippen LogP contribution in [-0.4, -0.2) is 60.5 Å². The number of carbonyl (C=O) groups is 1. The van der Waals surface area contributed by atoms with E-state index < -0.39 is 0 Å². The third-order valence-electron chi connectivity index (χ3n) is 2.79. The number of hydrogen-bond acceptors (Lipinski definition) is 6. The van der Waals surface area contributed by atoms with Crippen LogP contribution in [-0.2, 0) is 4.74 Å². The van der Waals surface area contributed by atoms with Gasteiger partial charge in [0.25, 0.3) is 0 Å². The van der Waals surface area contributed by atoms with E-state index in [-0.39, 0.29) is 6.03 Å². The summed E-state index contributed by atoms with van der Waals surface area (Å²) < 4.78 is 5.28. The highest BCUT2D eigenvalue weighted by Crippen LogP contribution is 2.12. The molecule has 2 amide bonds. The molecule has 8 heteroatoms. The van der Waals surface area contributed by atoms with Gasteiger partial charge in [0, 0.05) is 19.6 Å². The van der Waals surface area contributed by atoms with E-state index >= 15 is 0 Å². The lowest BCUT2D eigenvalue weighted by atomic mass is 10.3. The Bertz CT molecular complexity index is 406. The van der Waals surface area contributed by atoms with Crippen molar-refractivity contribution in [2.75, 3.05) is 44.7 Å². The van der Waals surface area contributed by atoms with Crippen LogP contribution in [0.5, 0.6) is 0 Å². The summed E-state index contributed by atoms with van der Waals surface area (Å²) in [5.74, 6) is 0. The number of ether oxygens (including phenoxy) is 1. The summed E-state index contributed by atoms with van der Waals surface area (Å²) in [4.78, 5) is 13.9. The second-order valence-electron chi connectivity index (χ2n) is 4.31. The molecular formula is C11H19N5O2S. The van der Waals surface area contributed by atoms with Crippen molar-refractivity contribution < 1.29 is 9.53 Å². The van der Waals surface area contributed by atoms with Gasteiger partial charge in [0.2, 0.25) is 5.13 Å². The van der Waals surface area contributed by atoms with Crippen molar-refractivity contribution in [2.24, 2.45) is 0 Å². The van der Waals surface area contributed by atoms with E-state index in [0.717, 1.165) is 44.3 Å². The molecule has 2 heterocycles. The van der Waals surface area contributed by atoms with Crippen LogP contribution >= 0.6 is 11.3 Å². The molecule has 2 rings (SSSR count). The van der Waals surface area contributed by atoms with E-state index in [1.165, 1.54) is 11.3 Å². The minimum absolute atomic E-state index is 0.224. The van der Waals surface area contributed by atoms with Gasteiger partial charge in [0.15, 0.2) is 0 Å².